The summed E-state index contributed by atoms with van der Waals surface area (Å²) in [6, 6.07) is 13.7. The molecular formula is C13H10ClN3. The van der Waals surface area contributed by atoms with Gasteiger partial charge in [0.25, 0.3) is 0 Å². The van der Waals surface area contributed by atoms with Gasteiger partial charge in [-0.15, -0.1) is 5.10 Å². The van der Waals surface area contributed by atoms with Crippen LogP contribution in [0.2, 0.25) is 5.15 Å². The van der Waals surface area contributed by atoms with Gasteiger partial charge in [0.15, 0.2) is 11.5 Å². The highest BCUT2D eigenvalue weighted by Crippen LogP contribution is 2.18. The second-order valence-electron chi connectivity index (χ2n) is 3.92. The lowest BCUT2D eigenvalue weighted by molar-refractivity contribution is 0.966. The van der Waals surface area contributed by atoms with Crippen molar-refractivity contribution in [3.8, 4) is 11.4 Å². The lowest BCUT2D eigenvalue weighted by atomic mass is 10.1. The van der Waals surface area contributed by atoms with E-state index in [0.29, 0.717) is 11.0 Å². The van der Waals surface area contributed by atoms with Gasteiger partial charge in [0.1, 0.15) is 5.15 Å². The van der Waals surface area contributed by atoms with Crippen LogP contribution in [-0.4, -0.2) is 14.6 Å². The summed E-state index contributed by atoms with van der Waals surface area (Å²) in [5, 5.41) is 4.95. The third kappa shape index (κ3) is 1.78. The van der Waals surface area contributed by atoms with Crippen molar-refractivity contribution in [1.82, 2.24) is 14.6 Å². The molecule has 0 radical (unpaired) electrons. The van der Waals surface area contributed by atoms with Gasteiger partial charge in [-0.25, -0.2) is 9.50 Å². The molecule has 0 atom stereocenters. The Morgan fingerprint density at radius 3 is 2.53 bits per heavy atom. The molecule has 0 saturated heterocycles. The van der Waals surface area contributed by atoms with E-state index in [1.165, 1.54) is 5.56 Å². The molecule has 0 amide bonds. The van der Waals surface area contributed by atoms with Crippen molar-refractivity contribution in [2.45, 2.75) is 6.92 Å². The predicted octanol–water partition coefficient (Wildman–Crippen LogP) is 3.36. The minimum absolute atomic E-state index is 0.563. The monoisotopic (exact) mass is 243 g/mol. The Bertz CT molecular complexity index is 671. The molecule has 0 spiro atoms. The van der Waals surface area contributed by atoms with Crippen molar-refractivity contribution >= 4 is 17.2 Å². The van der Waals surface area contributed by atoms with Crippen LogP contribution in [0.15, 0.2) is 42.5 Å². The number of pyridine rings is 1. The first-order valence-electron chi connectivity index (χ1n) is 5.32. The molecule has 0 fully saturated rings. The van der Waals surface area contributed by atoms with Crippen molar-refractivity contribution in [3.63, 3.8) is 0 Å². The number of hydrogen-bond acceptors (Lipinski definition) is 2. The maximum absolute atomic E-state index is 6.04. The maximum Gasteiger partial charge on any atom is 0.182 e. The molecule has 0 aliphatic rings. The van der Waals surface area contributed by atoms with E-state index in [9.17, 15) is 0 Å². The molecule has 0 aliphatic heterocycles. The molecule has 1 aromatic carbocycles. The zero-order chi connectivity index (χ0) is 11.8. The lowest BCUT2D eigenvalue weighted by Gasteiger charge is -1.95. The molecule has 17 heavy (non-hydrogen) atoms. The number of aromatic nitrogens is 3. The Morgan fingerprint density at radius 2 is 1.82 bits per heavy atom. The quantitative estimate of drug-likeness (QED) is 0.614. The highest BCUT2D eigenvalue weighted by Gasteiger charge is 2.07. The second kappa shape index (κ2) is 3.86. The van der Waals surface area contributed by atoms with Crippen LogP contribution < -0.4 is 0 Å². The van der Waals surface area contributed by atoms with E-state index >= 15 is 0 Å². The Hall–Kier alpha value is -1.87. The molecule has 4 heteroatoms. The molecule has 0 saturated carbocycles. The molecule has 0 bridgehead atoms. The van der Waals surface area contributed by atoms with Crippen molar-refractivity contribution in [1.29, 1.82) is 0 Å². The van der Waals surface area contributed by atoms with Crippen molar-refractivity contribution in [2.75, 3.05) is 0 Å². The molecule has 0 unspecified atom stereocenters. The van der Waals surface area contributed by atoms with Crippen molar-refractivity contribution in [3.05, 3.63) is 53.2 Å². The first kappa shape index (κ1) is 10.3. The average molecular weight is 244 g/mol. The summed E-state index contributed by atoms with van der Waals surface area (Å²) in [6.07, 6.45) is 0. The summed E-state index contributed by atoms with van der Waals surface area (Å²) in [5.74, 6) is 0.693. The van der Waals surface area contributed by atoms with Gasteiger partial charge < -0.3 is 0 Å². The Morgan fingerprint density at radius 1 is 1.06 bits per heavy atom. The first-order valence-corrected chi connectivity index (χ1v) is 5.70. The van der Waals surface area contributed by atoms with E-state index in [1.807, 2.05) is 36.4 Å². The average Bonchev–Trinajstić information content (AvgIpc) is 2.75. The summed E-state index contributed by atoms with van der Waals surface area (Å²) in [6.45, 7) is 2.05. The summed E-state index contributed by atoms with van der Waals surface area (Å²) >= 11 is 6.04. The Labute approximate surface area is 104 Å². The van der Waals surface area contributed by atoms with Crippen LogP contribution in [0.4, 0.5) is 0 Å². The molecule has 84 valence electrons. The fraction of sp³-hybridized carbons (Fsp3) is 0.0769. The van der Waals surface area contributed by atoms with Crippen molar-refractivity contribution < 1.29 is 0 Å². The van der Waals surface area contributed by atoms with Crippen LogP contribution >= 0.6 is 11.6 Å². The molecule has 2 heterocycles. The fourth-order valence-electron chi connectivity index (χ4n) is 1.70. The van der Waals surface area contributed by atoms with Crippen LogP contribution in [-0.2, 0) is 0 Å². The number of benzene rings is 1. The zero-order valence-electron chi connectivity index (χ0n) is 9.26. The Kier molecular flexibility index (Phi) is 2.34. The predicted molar refractivity (Wildman–Crippen MR) is 68.2 cm³/mol. The summed E-state index contributed by atoms with van der Waals surface area (Å²) in [7, 11) is 0. The molecule has 2 aromatic heterocycles. The van der Waals surface area contributed by atoms with Gasteiger partial charge in [0, 0.05) is 5.56 Å². The smallest absolute Gasteiger partial charge is 0.182 e. The maximum atomic E-state index is 6.04. The van der Waals surface area contributed by atoms with Gasteiger partial charge in [0.2, 0.25) is 0 Å². The molecule has 0 N–H and O–H groups in total. The molecule has 0 aliphatic carbocycles. The number of hydrogen-bond donors (Lipinski definition) is 0. The number of aryl methyl sites for hydroxylation is 1. The number of rotatable bonds is 1. The van der Waals surface area contributed by atoms with E-state index < -0.39 is 0 Å². The van der Waals surface area contributed by atoms with E-state index in [-0.39, 0.29) is 0 Å². The van der Waals surface area contributed by atoms with Crippen LogP contribution in [0.25, 0.3) is 17.0 Å². The number of nitrogens with zero attached hydrogens (tertiary/aromatic N) is 3. The van der Waals surface area contributed by atoms with E-state index in [2.05, 4.69) is 17.0 Å². The largest absolute Gasteiger partial charge is 0.207 e. The third-order valence-electron chi connectivity index (χ3n) is 2.62. The topological polar surface area (TPSA) is 30.2 Å². The first-order chi connectivity index (χ1) is 8.24. The van der Waals surface area contributed by atoms with Crippen LogP contribution in [0, 0.1) is 6.92 Å². The molecule has 3 aromatic rings. The summed E-state index contributed by atoms with van der Waals surface area (Å²) in [4.78, 5) is 4.44. The highest BCUT2D eigenvalue weighted by molar-refractivity contribution is 6.29. The number of halogens is 1. The van der Waals surface area contributed by atoms with Gasteiger partial charge >= 0.3 is 0 Å². The number of fused-ring (bicyclic) bond motifs is 1. The summed E-state index contributed by atoms with van der Waals surface area (Å²) < 4.78 is 1.64. The second-order valence-corrected chi connectivity index (χ2v) is 4.31. The molecule has 3 nitrogen and oxygen atoms in total. The van der Waals surface area contributed by atoms with Gasteiger partial charge in [-0.3, -0.25) is 0 Å². The van der Waals surface area contributed by atoms with Crippen LogP contribution in [0.3, 0.4) is 0 Å². The Balaban J connectivity index is 2.18. The van der Waals surface area contributed by atoms with Gasteiger partial charge in [0.05, 0.1) is 0 Å². The zero-order valence-corrected chi connectivity index (χ0v) is 10.0. The van der Waals surface area contributed by atoms with Crippen LogP contribution in [0.5, 0.6) is 0 Å². The highest BCUT2D eigenvalue weighted by atomic mass is 35.5. The fourth-order valence-corrected chi connectivity index (χ4v) is 1.90. The minimum Gasteiger partial charge on any atom is -0.207 e. The molecule has 3 rings (SSSR count). The van der Waals surface area contributed by atoms with E-state index in [1.54, 1.807) is 10.6 Å². The van der Waals surface area contributed by atoms with Gasteiger partial charge in [-0.1, -0.05) is 47.5 Å². The standard InChI is InChI=1S/C13H10ClN3/c1-9-5-7-10(8-6-9)13-15-12-4-2-3-11(14)17(12)16-13/h2-8H,1H3. The van der Waals surface area contributed by atoms with Crippen LogP contribution in [0.1, 0.15) is 5.56 Å². The summed E-state index contributed by atoms with van der Waals surface area (Å²) in [5.41, 5.74) is 2.97. The third-order valence-corrected chi connectivity index (χ3v) is 2.91. The van der Waals surface area contributed by atoms with Gasteiger partial charge in [-0.2, -0.15) is 0 Å². The molecular weight excluding hydrogens is 234 g/mol. The van der Waals surface area contributed by atoms with E-state index in [4.69, 9.17) is 11.6 Å². The lowest BCUT2D eigenvalue weighted by Crippen LogP contribution is -1.88. The minimum atomic E-state index is 0.563. The van der Waals surface area contributed by atoms with E-state index in [0.717, 1.165) is 11.2 Å². The van der Waals surface area contributed by atoms with Gasteiger partial charge in [-0.05, 0) is 19.1 Å². The van der Waals surface area contributed by atoms with Crippen molar-refractivity contribution in [2.24, 2.45) is 0 Å². The SMILES string of the molecule is Cc1ccc(-c2nc3cccc(Cl)n3n2)cc1. The normalized spacial score (nSPS) is 10.9.